The van der Waals surface area contributed by atoms with Crippen molar-refractivity contribution < 1.29 is 4.74 Å². The summed E-state index contributed by atoms with van der Waals surface area (Å²) in [6.45, 7) is 6.70. The number of morpholine rings is 1. The summed E-state index contributed by atoms with van der Waals surface area (Å²) in [6.07, 6.45) is 1.89. The number of ether oxygens (including phenoxy) is 1. The average Bonchev–Trinajstić information content (AvgIpc) is 2.69. The van der Waals surface area contributed by atoms with Gasteiger partial charge in [-0.1, -0.05) is 42.0 Å². The zero-order valence-corrected chi connectivity index (χ0v) is 15.2. The van der Waals surface area contributed by atoms with Gasteiger partial charge in [-0.05, 0) is 30.7 Å². The SMILES string of the molecule is Cc1ccc2nccc(NC(CN3CCOCC3)c3ccccc3)c2c1. The summed E-state index contributed by atoms with van der Waals surface area (Å²) < 4.78 is 5.51. The van der Waals surface area contributed by atoms with E-state index >= 15 is 0 Å². The Hall–Kier alpha value is -2.43. The molecular weight excluding hydrogens is 322 g/mol. The monoisotopic (exact) mass is 347 g/mol. The second-order valence-electron chi connectivity index (χ2n) is 6.90. The van der Waals surface area contributed by atoms with Crippen molar-refractivity contribution >= 4 is 16.6 Å². The molecule has 1 aromatic heterocycles. The van der Waals surface area contributed by atoms with Gasteiger partial charge in [-0.15, -0.1) is 0 Å². The molecule has 1 atom stereocenters. The molecule has 3 aromatic rings. The molecule has 1 N–H and O–H groups in total. The second-order valence-corrected chi connectivity index (χ2v) is 6.90. The van der Waals surface area contributed by atoms with Crippen LogP contribution in [0.4, 0.5) is 5.69 Å². The van der Waals surface area contributed by atoms with Crippen LogP contribution in [0.15, 0.2) is 60.8 Å². The number of anilines is 1. The van der Waals surface area contributed by atoms with Crippen LogP contribution in [0.5, 0.6) is 0 Å². The van der Waals surface area contributed by atoms with Gasteiger partial charge in [-0.2, -0.15) is 0 Å². The van der Waals surface area contributed by atoms with Crippen LogP contribution in [0.2, 0.25) is 0 Å². The molecule has 1 unspecified atom stereocenters. The van der Waals surface area contributed by atoms with Crippen LogP contribution >= 0.6 is 0 Å². The van der Waals surface area contributed by atoms with Crippen LogP contribution in [0, 0.1) is 6.92 Å². The smallest absolute Gasteiger partial charge is 0.0722 e. The fourth-order valence-electron chi connectivity index (χ4n) is 3.54. The minimum absolute atomic E-state index is 0.223. The van der Waals surface area contributed by atoms with Crippen molar-refractivity contribution in [2.45, 2.75) is 13.0 Å². The van der Waals surface area contributed by atoms with E-state index in [4.69, 9.17) is 4.74 Å². The predicted octanol–water partition coefficient (Wildman–Crippen LogP) is 4.03. The van der Waals surface area contributed by atoms with Crippen LogP contribution in [-0.2, 0) is 4.74 Å². The minimum Gasteiger partial charge on any atom is -0.379 e. The molecule has 26 heavy (non-hydrogen) atoms. The number of aryl methyl sites for hydroxylation is 1. The number of rotatable bonds is 5. The molecule has 0 aliphatic carbocycles. The first-order valence-electron chi connectivity index (χ1n) is 9.26. The highest BCUT2D eigenvalue weighted by Gasteiger charge is 2.19. The fraction of sp³-hybridized carbons (Fsp3) is 0.318. The van der Waals surface area contributed by atoms with Crippen LogP contribution in [0.3, 0.4) is 0 Å². The maximum atomic E-state index is 5.51. The Balaban J connectivity index is 1.65. The number of nitrogens with zero attached hydrogens (tertiary/aromatic N) is 2. The molecule has 1 aliphatic rings. The van der Waals surface area contributed by atoms with Crippen LogP contribution in [-0.4, -0.2) is 42.7 Å². The maximum Gasteiger partial charge on any atom is 0.0722 e. The molecule has 1 aliphatic heterocycles. The highest BCUT2D eigenvalue weighted by Crippen LogP contribution is 2.27. The number of nitrogens with one attached hydrogen (secondary N) is 1. The van der Waals surface area contributed by atoms with E-state index in [0.29, 0.717) is 0 Å². The lowest BCUT2D eigenvalue weighted by Gasteiger charge is -2.31. The maximum absolute atomic E-state index is 5.51. The molecule has 0 saturated carbocycles. The zero-order valence-electron chi connectivity index (χ0n) is 15.2. The first-order valence-corrected chi connectivity index (χ1v) is 9.26. The summed E-state index contributed by atoms with van der Waals surface area (Å²) in [4.78, 5) is 6.99. The lowest BCUT2D eigenvalue weighted by Crippen LogP contribution is -2.40. The molecule has 4 nitrogen and oxygen atoms in total. The van der Waals surface area contributed by atoms with Gasteiger partial charge in [-0.25, -0.2) is 0 Å². The van der Waals surface area contributed by atoms with Crippen molar-refractivity contribution in [3.8, 4) is 0 Å². The van der Waals surface area contributed by atoms with Gasteiger partial charge in [0.05, 0.1) is 24.8 Å². The molecule has 1 fully saturated rings. The Kier molecular flexibility index (Phi) is 5.14. The fourth-order valence-corrected chi connectivity index (χ4v) is 3.54. The normalized spacial score (nSPS) is 16.5. The Morgan fingerprint density at radius 3 is 2.69 bits per heavy atom. The van der Waals surface area contributed by atoms with Crippen molar-refractivity contribution in [3.05, 3.63) is 71.9 Å². The largest absolute Gasteiger partial charge is 0.379 e. The van der Waals surface area contributed by atoms with Gasteiger partial charge in [-0.3, -0.25) is 9.88 Å². The number of hydrogen-bond donors (Lipinski definition) is 1. The third-order valence-electron chi connectivity index (χ3n) is 4.97. The van der Waals surface area contributed by atoms with Crippen molar-refractivity contribution in [2.75, 3.05) is 38.2 Å². The van der Waals surface area contributed by atoms with Crippen LogP contribution < -0.4 is 5.32 Å². The first kappa shape index (κ1) is 17.0. The van der Waals surface area contributed by atoms with E-state index in [2.05, 4.69) is 76.7 Å². The highest BCUT2D eigenvalue weighted by atomic mass is 16.5. The van der Waals surface area contributed by atoms with Crippen molar-refractivity contribution in [3.63, 3.8) is 0 Å². The molecule has 0 bridgehead atoms. The van der Waals surface area contributed by atoms with Gasteiger partial charge >= 0.3 is 0 Å². The molecule has 0 spiro atoms. The number of fused-ring (bicyclic) bond motifs is 1. The quantitative estimate of drug-likeness (QED) is 0.756. The predicted molar refractivity (Wildman–Crippen MR) is 107 cm³/mol. The van der Waals surface area contributed by atoms with Crippen molar-refractivity contribution in [1.82, 2.24) is 9.88 Å². The zero-order chi connectivity index (χ0) is 17.8. The number of pyridine rings is 1. The minimum atomic E-state index is 0.223. The lowest BCUT2D eigenvalue weighted by atomic mass is 10.0. The highest BCUT2D eigenvalue weighted by molar-refractivity contribution is 5.91. The molecule has 0 radical (unpaired) electrons. The molecule has 2 aromatic carbocycles. The van der Waals surface area contributed by atoms with Gasteiger partial charge in [0.15, 0.2) is 0 Å². The van der Waals surface area contributed by atoms with E-state index in [1.165, 1.54) is 16.5 Å². The summed E-state index contributed by atoms with van der Waals surface area (Å²) in [5, 5.41) is 4.97. The standard InChI is InChI=1S/C22H25N3O/c1-17-7-8-20-19(15-17)21(9-10-23-20)24-22(18-5-3-2-4-6-18)16-25-11-13-26-14-12-25/h2-10,15,22H,11-14,16H2,1H3,(H,23,24). The Bertz CT molecular complexity index is 860. The molecule has 4 heteroatoms. The number of aromatic nitrogens is 1. The Morgan fingerprint density at radius 2 is 1.88 bits per heavy atom. The number of benzene rings is 2. The first-order chi connectivity index (χ1) is 12.8. The molecule has 4 rings (SSSR count). The topological polar surface area (TPSA) is 37.4 Å². The molecule has 0 amide bonds. The van der Waals surface area contributed by atoms with E-state index in [9.17, 15) is 0 Å². The second kappa shape index (κ2) is 7.85. The van der Waals surface area contributed by atoms with E-state index in [1.54, 1.807) is 0 Å². The third kappa shape index (κ3) is 3.87. The van der Waals surface area contributed by atoms with E-state index in [-0.39, 0.29) is 6.04 Å². The molecule has 1 saturated heterocycles. The summed E-state index contributed by atoms with van der Waals surface area (Å²) >= 11 is 0. The molecule has 2 heterocycles. The summed E-state index contributed by atoms with van der Waals surface area (Å²) in [5.74, 6) is 0. The van der Waals surface area contributed by atoms with E-state index in [0.717, 1.165) is 44.1 Å². The summed E-state index contributed by atoms with van der Waals surface area (Å²) in [5.41, 5.74) is 4.72. The third-order valence-corrected chi connectivity index (χ3v) is 4.97. The summed E-state index contributed by atoms with van der Waals surface area (Å²) in [6, 6.07) is 19.4. The van der Waals surface area contributed by atoms with Crippen LogP contribution in [0.25, 0.3) is 10.9 Å². The van der Waals surface area contributed by atoms with Crippen molar-refractivity contribution in [2.24, 2.45) is 0 Å². The van der Waals surface area contributed by atoms with Gasteiger partial charge in [0, 0.05) is 36.9 Å². The van der Waals surface area contributed by atoms with Crippen molar-refractivity contribution in [1.29, 1.82) is 0 Å². The average molecular weight is 347 g/mol. The van der Waals surface area contributed by atoms with E-state index < -0.39 is 0 Å². The van der Waals surface area contributed by atoms with Gasteiger partial charge in [0.1, 0.15) is 0 Å². The Labute approximate surface area is 154 Å². The van der Waals surface area contributed by atoms with Gasteiger partial charge in [0.2, 0.25) is 0 Å². The van der Waals surface area contributed by atoms with Crippen LogP contribution in [0.1, 0.15) is 17.2 Å². The summed E-state index contributed by atoms with van der Waals surface area (Å²) in [7, 11) is 0. The lowest BCUT2D eigenvalue weighted by molar-refractivity contribution is 0.0361. The van der Waals surface area contributed by atoms with E-state index in [1.807, 2.05) is 6.20 Å². The van der Waals surface area contributed by atoms with Gasteiger partial charge < -0.3 is 10.1 Å². The molecular formula is C22H25N3O. The molecule has 134 valence electrons. The Morgan fingerprint density at radius 1 is 1.08 bits per heavy atom. The van der Waals surface area contributed by atoms with Gasteiger partial charge in [0.25, 0.3) is 0 Å². The number of hydrogen-bond acceptors (Lipinski definition) is 4.